The van der Waals surface area contributed by atoms with Gasteiger partial charge < -0.3 is 15.8 Å². The number of carbonyl (C=O) groups is 1. The summed E-state index contributed by atoms with van der Waals surface area (Å²) < 4.78 is 6.55. The molecule has 1 amide bonds. The van der Waals surface area contributed by atoms with Crippen LogP contribution in [0.25, 0.3) is 0 Å². The normalized spacial score (nSPS) is 9.79. The maximum atomic E-state index is 11.5. The summed E-state index contributed by atoms with van der Waals surface area (Å²) in [5.41, 5.74) is 7.52. The number of benzene rings is 1. The Morgan fingerprint density at radius 1 is 1.58 bits per heavy atom. The lowest BCUT2D eigenvalue weighted by Gasteiger charge is -2.14. The van der Waals surface area contributed by atoms with Gasteiger partial charge in [0.1, 0.15) is 5.75 Å². The molecule has 0 atom stereocenters. The molecular weight excluding hydrogens is 308 g/mol. The lowest BCUT2D eigenvalue weighted by molar-refractivity contribution is -0.122. The van der Waals surface area contributed by atoms with Crippen LogP contribution in [-0.2, 0) is 11.2 Å². The number of carbonyl (C=O) groups excluding carboxylic acids is 1. The van der Waals surface area contributed by atoms with Crippen LogP contribution >= 0.6 is 15.9 Å². The maximum Gasteiger partial charge on any atom is 0.258 e. The summed E-state index contributed by atoms with van der Waals surface area (Å²) in [7, 11) is 0. The lowest BCUT2D eigenvalue weighted by atomic mass is 10.1. The van der Waals surface area contributed by atoms with E-state index in [0.717, 1.165) is 15.6 Å². The van der Waals surface area contributed by atoms with Crippen LogP contribution in [0.1, 0.15) is 11.1 Å². The summed E-state index contributed by atoms with van der Waals surface area (Å²) in [4.78, 5) is 11.5. The van der Waals surface area contributed by atoms with Gasteiger partial charge in [-0.05, 0) is 43.1 Å². The van der Waals surface area contributed by atoms with Crippen molar-refractivity contribution in [2.75, 3.05) is 19.7 Å². The minimum atomic E-state index is -0.237. The molecule has 0 radical (unpaired) electrons. The topological polar surface area (TPSA) is 64.3 Å². The molecule has 3 N–H and O–H groups in total. The van der Waals surface area contributed by atoms with E-state index in [2.05, 4.69) is 27.2 Å². The largest absolute Gasteiger partial charge is 0.483 e. The molecule has 0 aromatic heterocycles. The molecule has 0 heterocycles. The number of rotatable bonds is 6. The van der Waals surface area contributed by atoms with Crippen LogP contribution in [0.2, 0.25) is 0 Å². The predicted octanol–water partition coefficient (Wildman–Crippen LogP) is 1.39. The molecular formula is C14H17BrN2O2. The van der Waals surface area contributed by atoms with Crippen molar-refractivity contribution in [2.24, 2.45) is 5.73 Å². The van der Waals surface area contributed by atoms with E-state index in [0.29, 0.717) is 18.7 Å². The van der Waals surface area contributed by atoms with E-state index in [1.165, 1.54) is 0 Å². The van der Waals surface area contributed by atoms with Crippen LogP contribution < -0.4 is 15.8 Å². The Labute approximate surface area is 121 Å². The van der Waals surface area contributed by atoms with Gasteiger partial charge in [-0.2, -0.15) is 0 Å². The number of nitrogens with two attached hydrogens (primary N) is 1. The number of amides is 1. The molecule has 1 aromatic rings. The highest BCUT2D eigenvalue weighted by Gasteiger charge is 2.10. The van der Waals surface area contributed by atoms with Crippen molar-refractivity contribution >= 4 is 21.8 Å². The van der Waals surface area contributed by atoms with E-state index >= 15 is 0 Å². The molecule has 0 unspecified atom stereocenters. The fourth-order valence-corrected chi connectivity index (χ4v) is 2.31. The van der Waals surface area contributed by atoms with Gasteiger partial charge in [0.15, 0.2) is 6.61 Å². The SMILES string of the molecule is C#CCNC(=O)COc1c(C)cc(Br)cc1CCN. The van der Waals surface area contributed by atoms with E-state index in [4.69, 9.17) is 16.9 Å². The van der Waals surface area contributed by atoms with Crippen LogP contribution in [0.15, 0.2) is 16.6 Å². The number of ether oxygens (including phenoxy) is 1. The molecule has 102 valence electrons. The zero-order valence-electron chi connectivity index (χ0n) is 10.8. The molecule has 0 fully saturated rings. The number of halogens is 1. The van der Waals surface area contributed by atoms with Crippen molar-refractivity contribution in [3.63, 3.8) is 0 Å². The summed E-state index contributed by atoms with van der Waals surface area (Å²) >= 11 is 3.43. The van der Waals surface area contributed by atoms with Gasteiger partial charge in [-0.25, -0.2) is 0 Å². The monoisotopic (exact) mass is 324 g/mol. The van der Waals surface area contributed by atoms with Crippen molar-refractivity contribution in [1.29, 1.82) is 0 Å². The van der Waals surface area contributed by atoms with Crippen molar-refractivity contribution < 1.29 is 9.53 Å². The van der Waals surface area contributed by atoms with Crippen LogP contribution in [0.4, 0.5) is 0 Å². The minimum absolute atomic E-state index is 0.0538. The first-order valence-corrected chi connectivity index (χ1v) is 6.69. The second kappa shape index (κ2) is 7.82. The van der Waals surface area contributed by atoms with Crippen molar-refractivity contribution in [1.82, 2.24) is 5.32 Å². The van der Waals surface area contributed by atoms with Crippen LogP contribution in [-0.4, -0.2) is 25.6 Å². The highest BCUT2D eigenvalue weighted by atomic mass is 79.9. The Morgan fingerprint density at radius 3 is 2.95 bits per heavy atom. The van der Waals surface area contributed by atoms with Gasteiger partial charge in [0, 0.05) is 4.47 Å². The van der Waals surface area contributed by atoms with E-state index in [1.807, 2.05) is 19.1 Å². The lowest BCUT2D eigenvalue weighted by Crippen LogP contribution is -2.29. The molecule has 0 saturated heterocycles. The molecule has 1 rings (SSSR count). The van der Waals surface area contributed by atoms with Gasteiger partial charge in [-0.3, -0.25) is 4.79 Å². The Morgan fingerprint density at radius 2 is 2.32 bits per heavy atom. The molecule has 0 aliphatic heterocycles. The van der Waals surface area contributed by atoms with Gasteiger partial charge in [-0.1, -0.05) is 21.9 Å². The standard InChI is InChI=1S/C14H17BrN2O2/c1-3-6-17-13(18)9-19-14-10(2)7-12(15)8-11(14)4-5-16/h1,7-8H,4-6,9,16H2,2H3,(H,17,18). The van der Waals surface area contributed by atoms with Crippen molar-refractivity contribution in [3.8, 4) is 18.1 Å². The number of aryl methyl sites for hydroxylation is 1. The Bertz CT molecular complexity index is 495. The molecule has 0 aliphatic carbocycles. The van der Waals surface area contributed by atoms with E-state index in [-0.39, 0.29) is 19.1 Å². The predicted molar refractivity (Wildman–Crippen MR) is 79.0 cm³/mol. The Kier molecular flexibility index (Phi) is 6.40. The first-order chi connectivity index (χ1) is 9.08. The van der Waals surface area contributed by atoms with Crippen molar-refractivity contribution in [2.45, 2.75) is 13.3 Å². The molecule has 19 heavy (non-hydrogen) atoms. The average Bonchev–Trinajstić information content (AvgIpc) is 2.35. The number of hydrogen-bond donors (Lipinski definition) is 2. The summed E-state index contributed by atoms with van der Waals surface area (Å²) in [6, 6.07) is 3.89. The second-order valence-corrected chi connectivity index (χ2v) is 4.93. The smallest absolute Gasteiger partial charge is 0.258 e. The van der Waals surface area contributed by atoms with E-state index in [1.54, 1.807) is 0 Å². The molecule has 0 aliphatic rings. The van der Waals surface area contributed by atoms with E-state index in [9.17, 15) is 4.79 Å². The van der Waals surface area contributed by atoms with Gasteiger partial charge in [-0.15, -0.1) is 6.42 Å². The molecule has 4 nitrogen and oxygen atoms in total. The fourth-order valence-electron chi connectivity index (χ4n) is 1.69. The Hall–Kier alpha value is -1.51. The first-order valence-electron chi connectivity index (χ1n) is 5.90. The zero-order chi connectivity index (χ0) is 14.3. The van der Waals surface area contributed by atoms with Crippen LogP contribution in [0.5, 0.6) is 5.75 Å². The Balaban J connectivity index is 2.76. The maximum absolute atomic E-state index is 11.5. The van der Waals surface area contributed by atoms with Crippen LogP contribution in [0.3, 0.4) is 0 Å². The zero-order valence-corrected chi connectivity index (χ0v) is 12.4. The van der Waals surface area contributed by atoms with Crippen LogP contribution in [0, 0.1) is 19.3 Å². The van der Waals surface area contributed by atoms with Gasteiger partial charge in [0.05, 0.1) is 6.54 Å². The summed E-state index contributed by atoms with van der Waals surface area (Å²) in [5, 5.41) is 2.55. The molecule has 0 bridgehead atoms. The van der Waals surface area contributed by atoms with Gasteiger partial charge >= 0.3 is 0 Å². The molecule has 1 aromatic carbocycles. The highest BCUT2D eigenvalue weighted by molar-refractivity contribution is 9.10. The molecule has 0 spiro atoms. The summed E-state index contributed by atoms with van der Waals surface area (Å²) in [6.45, 7) is 2.61. The fraction of sp³-hybridized carbons (Fsp3) is 0.357. The summed E-state index contributed by atoms with van der Waals surface area (Å²) in [6.07, 6.45) is 5.76. The summed E-state index contributed by atoms with van der Waals surface area (Å²) in [5.74, 6) is 2.81. The number of hydrogen-bond acceptors (Lipinski definition) is 3. The third-order valence-corrected chi connectivity index (χ3v) is 2.92. The third kappa shape index (κ3) is 4.93. The molecule has 0 saturated carbocycles. The highest BCUT2D eigenvalue weighted by Crippen LogP contribution is 2.28. The van der Waals surface area contributed by atoms with Gasteiger partial charge in [0.2, 0.25) is 0 Å². The quantitative estimate of drug-likeness (QED) is 0.777. The van der Waals surface area contributed by atoms with Crippen molar-refractivity contribution in [3.05, 3.63) is 27.7 Å². The van der Waals surface area contributed by atoms with E-state index < -0.39 is 0 Å². The average molecular weight is 325 g/mol. The molecule has 5 heteroatoms. The number of terminal acetylenes is 1. The van der Waals surface area contributed by atoms with Gasteiger partial charge in [0.25, 0.3) is 5.91 Å². The third-order valence-electron chi connectivity index (χ3n) is 2.47. The second-order valence-electron chi connectivity index (χ2n) is 4.02. The number of nitrogens with one attached hydrogen (secondary N) is 1. The minimum Gasteiger partial charge on any atom is -0.483 e. The first kappa shape index (κ1) is 15.5.